The lowest BCUT2D eigenvalue weighted by Crippen LogP contribution is -2.41. The van der Waals surface area contributed by atoms with Crippen LogP contribution in [0.25, 0.3) is 0 Å². The van der Waals surface area contributed by atoms with Gasteiger partial charge in [-0.3, -0.25) is 4.90 Å². The van der Waals surface area contributed by atoms with Gasteiger partial charge in [0.1, 0.15) is 0 Å². The predicted molar refractivity (Wildman–Crippen MR) is 79.8 cm³/mol. The Hall–Kier alpha value is -0.170. The lowest BCUT2D eigenvalue weighted by molar-refractivity contribution is 0.260. The van der Waals surface area contributed by atoms with Crippen LogP contribution in [-0.2, 0) is 10.0 Å². The standard InChI is InChI=1S/C13H29N3O2S/c1-3-14-8-4-7-11-19(17,18)15-12-13(2)16-9-5-6-10-16/h13-15H,3-12H2,1-2H3. The van der Waals surface area contributed by atoms with Crippen molar-refractivity contribution in [3.8, 4) is 0 Å². The molecule has 0 aliphatic carbocycles. The molecule has 2 N–H and O–H groups in total. The van der Waals surface area contributed by atoms with Gasteiger partial charge in [-0.1, -0.05) is 6.92 Å². The van der Waals surface area contributed by atoms with Gasteiger partial charge in [0.15, 0.2) is 0 Å². The molecule has 6 heteroatoms. The third-order valence-corrected chi connectivity index (χ3v) is 5.06. The van der Waals surface area contributed by atoms with Crippen molar-refractivity contribution >= 4 is 10.0 Å². The number of hydrogen-bond donors (Lipinski definition) is 2. The molecule has 19 heavy (non-hydrogen) atoms. The minimum absolute atomic E-state index is 0.241. The fourth-order valence-corrected chi connectivity index (χ4v) is 3.57. The fraction of sp³-hybridized carbons (Fsp3) is 1.00. The van der Waals surface area contributed by atoms with Crippen molar-refractivity contribution in [2.75, 3.05) is 38.5 Å². The van der Waals surface area contributed by atoms with Crippen LogP contribution in [0.2, 0.25) is 0 Å². The van der Waals surface area contributed by atoms with Crippen LogP contribution in [0.15, 0.2) is 0 Å². The van der Waals surface area contributed by atoms with Crippen molar-refractivity contribution < 1.29 is 8.42 Å². The summed E-state index contributed by atoms with van der Waals surface area (Å²) < 4.78 is 26.4. The zero-order valence-corrected chi connectivity index (χ0v) is 13.1. The highest BCUT2D eigenvalue weighted by Gasteiger charge is 2.19. The molecule has 0 bridgehead atoms. The summed E-state index contributed by atoms with van der Waals surface area (Å²) in [6.07, 6.45) is 4.11. The maximum Gasteiger partial charge on any atom is 0.211 e. The summed E-state index contributed by atoms with van der Waals surface area (Å²) in [5.41, 5.74) is 0. The van der Waals surface area contributed by atoms with Gasteiger partial charge in [-0.05, 0) is 58.8 Å². The molecule has 1 heterocycles. The number of likely N-dealkylation sites (tertiary alicyclic amines) is 1. The van der Waals surface area contributed by atoms with Gasteiger partial charge >= 0.3 is 0 Å². The van der Waals surface area contributed by atoms with Gasteiger partial charge in [-0.2, -0.15) is 0 Å². The number of sulfonamides is 1. The Morgan fingerprint density at radius 1 is 1.21 bits per heavy atom. The van der Waals surface area contributed by atoms with Crippen LogP contribution in [-0.4, -0.2) is 57.8 Å². The van der Waals surface area contributed by atoms with E-state index in [0.29, 0.717) is 12.6 Å². The summed E-state index contributed by atoms with van der Waals surface area (Å²) >= 11 is 0. The molecule has 0 amide bonds. The average molecular weight is 291 g/mol. The van der Waals surface area contributed by atoms with Crippen molar-refractivity contribution in [1.82, 2.24) is 14.9 Å². The molecule has 1 aliphatic heterocycles. The van der Waals surface area contributed by atoms with E-state index in [4.69, 9.17) is 0 Å². The summed E-state index contributed by atoms with van der Waals surface area (Å²) in [6.45, 7) is 8.73. The number of nitrogens with one attached hydrogen (secondary N) is 2. The second kappa shape index (κ2) is 8.89. The Balaban J connectivity index is 2.15. The highest BCUT2D eigenvalue weighted by Crippen LogP contribution is 2.10. The first-order chi connectivity index (χ1) is 9.05. The van der Waals surface area contributed by atoms with Gasteiger partial charge in [-0.25, -0.2) is 13.1 Å². The predicted octanol–water partition coefficient (Wildman–Crippen LogP) is 0.780. The van der Waals surface area contributed by atoms with Gasteiger partial charge in [0.25, 0.3) is 0 Å². The summed E-state index contributed by atoms with van der Waals surface area (Å²) in [4.78, 5) is 2.35. The van der Waals surface area contributed by atoms with Gasteiger partial charge in [0.05, 0.1) is 5.75 Å². The molecule has 0 aromatic heterocycles. The second-order valence-electron chi connectivity index (χ2n) is 5.32. The Kier molecular flexibility index (Phi) is 7.90. The van der Waals surface area contributed by atoms with Crippen molar-refractivity contribution in [3.63, 3.8) is 0 Å². The Bertz CT molecular complexity index is 327. The molecule has 0 radical (unpaired) electrons. The lowest BCUT2D eigenvalue weighted by Gasteiger charge is -2.23. The molecule has 114 valence electrons. The topological polar surface area (TPSA) is 61.4 Å². The summed E-state index contributed by atoms with van der Waals surface area (Å²) in [6, 6.07) is 0.305. The van der Waals surface area contributed by atoms with Crippen LogP contribution in [0.3, 0.4) is 0 Å². The molecule has 1 atom stereocenters. The Morgan fingerprint density at radius 2 is 1.89 bits per heavy atom. The van der Waals surface area contributed by atoms with Crippen LogP contribution in [0, 0.1) is 0 Å². The van der Waals surface area contributed by atoms with Gasteiger partial charge in [0, 0.05) is 12.6 Å². The van der Waals surface area contributed by atoms with E-state index in [1.807, 2.05) is 0 Å². The van der Waals surface area contributed by atoms with Gasteiger partial charge < -0.3 is 5.32 Å². The molecule has 1 rings (SSSR count). The van der Waals surface area contributed by atoms with Crippen LogP contribution in [0.5, 0.6) is 0 Å². The molecule has 0 aromatic rings. The molecule has 0 spiro atoms. The van der Waals surface area contributed by atoms with E-state index in [0.717, 1.165) is 39.0 Å². The number of hydrogen-bond acceptors (Lipinski definition) is 4. The van der Waals surface area contributed by atoms with Crippen molar-refractivity contribution in [1.29, 1.82) is 0 Å². The van der Waals surface area contributed by atoms with Gasteiger partial charge in [-0.15, -0.1) is 0 Å². The first kappa shape index (κ1) is 16.9. The van der Waals surface area contributed by atoms with E-state index in [2.05, 4.69) is 28.8 Å². The molecular formula is C13H29N3O2S. The van der Waals surface area contributed by atoms with E-state index < -0.39 is 10.0 Å². The van der Waals surface area contributed by atoms with E-state index >= 15 is 0 Å². The monoisotopic (exact) mass is 291 g/mol. The zero-order valence-electron chi connectivity index (χ0n) is 12.3. The normalized spacial score (nSPS) is 18.8. The van der Waals surface area contributed by atoms with Crippen LogP contribution < -0.4 is 10.0 Å². The first-order valence-electron chi connectivity index (χ1n) is 7.47. The average Bonchev–Trinajstić information content (AvgIpc) is 2.90. The summed E-state index contributed by atoms with van der Waals surface area (Å²) in [5, 5.41) is 3.20. The third kappa shape index (κ3) is 7.25. The third-order valence-electron chi connectivity index (χ3n) is 3.63. The lowest BCUT2D eigenvalue weighted by atomic mass is 10.3. The fourth-order valence-electron chi connectivity index (χ4n) is 2.35. The molecule has 1 aliphatic rings. The zero-order chi connectivity index (χ0) is 14.1. The van der Waals surface area contributed by atoms with Crippen molar-refractivity contribution in [2.24, 2.45) is 0 Å². The Labute approximate surface area is 118 Å². The van der Waals surface area contributed by atoms with Crippen LogP contribution >= 0.6 is 0 Å². The van der Waals surface area contributed by atoms with Gasteiger partial charge in [0.2, 0.25) is 10.0 Å². The van der Waals surface area contributed by atoms with E-state index in [1.165, 1.54) is 12.8 Å². The van der Waals surface area contributed by atoms with E-state index in [9.17, 15) is 8.42 Å². The van der Waals surface area contributed by atoms with E-state index in [-0.39, 0.29) is 5.75 Å². The van der Waals surface area contributed by atoms with E-state index in [1.54, 1.807) is 0 Å². The maximum absolute atomic E-state index is 11.8. The SMILES string of the molecule is CCNCCCCS(=O)(=O)NCC(C)N1CCCC1. The quantitative estimate of drug-likeness (QED) is 0.584. The molecule has 5 nitrogen and oxygen atoms in total. The molecule has 1 unspecified atom stereocenters. The molecule has 1 fully saturated rings. The van der Waals surface area contributed by atoms with Crippen molar-refractivity contribution in [3.05, 3.63) is 0 Å². The van der Waals surface area contributed by atoms with Crippen LogP contribution in [0.1, 0.15) is 39.5 Å². The number of rotatable bonds is 10. The molecule has 0 aromatic carbocycles. The largest absolute Gasteiger partial charge is 0.317 e. The maximum atomic E-state index is 11.8. The van der Waals surface area contributed by atoms with Crippen LogP contribution in [0.4, 0.5) is 0 Å². The first-order valence-corrected chi connectivity index (χ1v) is 9.12. The Morgan fingerprint density at radius 3 is 2.53 bits per heavy atom. The second-order valence-corrected chi connectivity index (χ2v) is 7.25. The highest BCUT2D eigenvalue weighted by molar-refractivity contribution is 7.89. The smallest absolute Gasteiger partial charge is 0.211 e. The number of unbranched alkanes of at least 4 members (excludes halogenated alkanes) is 1. The molecular weight excluding hydrogens is 262 g/mol. The minimum atomic E-state index is -3.10. The molecule has 0 saturated carbocycles. The number of nitrogens with zero attached hydrogens (tertiary/aromatic N) is 1. The summed E-state index contributed by atoms with van der Waals surface area (Å²) in [7, 11) is -3.10. The minimum Gasteiger partial charge on any atom is -0.317 e. The summed E-state index contributed by atoms with van der Waals surface area (Å²) in [5.74, 6) is 0.241. The van der Waals surface area contributed by atoms with Crippen molar-refractivity contribution in [2.45, 2.75) is 45.6 Å². The molecule has 1 saturated heterocycles. The highest BCUT2D eigenvalue weighted by atomic mass is 32.2.